The fourth-order valence-electron chi connectivity index (χ4n) is 2.77. The van der Waals surface area contributed by atoms with E-state index in [0.29, 0.717) is 12.1 Å². The third-order valence-corrected chi connectivity index (χ3v) is 3.88. The van der Waals surface area contributed by atoms with Crippen LogP contribution >= 0.6 is 0 Å². The predicted molar refractivity (Wildman–Crippen MR) is 81.8 cm³/mol. The van der Waals surface area contributed by atoms with Crippen molar-refractivity contribution in [3.63, 3.8) is 0 Å². The summed E-state index contributed by atoms with van der Waals surface area (Å²) in [5.41, 5.74) is 6.18. The van der Waals surface area contributed by atoms with Gasteiger partial charge in [0.25, 0.3) is 5.91 Å². The third-order valence-electron chi connectivity index (χ3n) is 3.88. The van der Waals surface area contributed by atoms with E-state index in [1.165, 1.54) is 0 Å². The van der Waals surface area contributed by atoms with Crippen molar-refractivity contribution < 1.29 is 9.59 Å². The van der Waals surface area contributed by atoms with Crippen molar-refractivity contribution in [1.82, 2.24) is 10.2 Å². The number of hydrogen-bond donors (Lipinski definition) is 2. The number of nitrogens with zero attached hydrogens (tertiary/aromatic N) is 1. The van der Waals surface area contributed by atoms with Gasteiger partial charge in [-0.25, -0.2) is 0 Å². The van der Waals surface area contributed by atoms with Gasteiger partial charge in [-0.1, -0.05) is 18.2 Å². The minimum atomic E-state index is -0.212. The third kappa shape index (κ3) is 4.29. The van der Waals surface area contributed by atoms with E-state index in [0.717, 1.165) is 32.2 Å². The molecule has 0 saturated carbocycles. The molecule has 1 aliphatic rings. The minimum Gasteiger partial charge on any atom is -0.343 e. The molecule has 3 N–H and O–H groups in total. The van der Waals surface area contributed by atoms with E-state index in [4.69, 9.17) is 5.73 Å². The number of likely N-dealkylation sites (tertiary alicyclic amines) is 1. The van der Waals surface area contributed by atoms with Gasteiger partial charge in [0, 0.05) is 18.2 Å². The Morgan fingerprint density at radius 1 is 1.24 bits per heavy atom. The summed E-state index contributed by atoms with van der Waals surface area (Å²) >= 11 is 0. The maximum atomic E-state index is 12.3. The van der Waals surface area contributed by atoms with Crippen LogP contribution in [-0.4, -0.2) is 42.4 Å². The molecular formula is C16H23N3O2. The van der Waals surface area contributed by atoms with E-state index in [9.17, 15) is 9.59 Å². The summed E-state index contributed by atoms with van der Waals surface area (Å²) in [6.07, 6.45) is 4.01. The van der Waals surface area contributed by atoms with Gasteiger partial charge in [-0.2, -0.15) is 0 Å². The summed E-state index contributed by atoms with van der Waals surface area (Å²) in [6.45, 7) is 1.41. The zero-order valence-electron chi connectivity index (χ0n) is 12.3. The average molecular weight is 289 g/mol. The lowest BCUT2D eigenvalue weighted by Gasteiger charge is -2.35. The Bertz CT molecular complexity index is 474. The first-order valence-corrected chi connectivity index (χ1v) is 7.55. The lowest BCUT2D eigenvalue weighted by molar-refractivity contribution is -0.133. The van der Waals surface area contributed by atoms with Crippen LogP contribution < -0.4 is 11.1 Å². The van der Waals surface area contributed by atoms with Crippen molar-refractivity contribution in [3.8, 4) is 0 Å². The van der Waals surface area contributed by atoms with Gasteiger partial charge in [0.2, 0.25) is 5.91 Å². The number of carbonyl (C=O) groups is 2. The first-order chi connectivity index (χ1) is 10.2. The van der Waals surface area contributed by atoms with Gasteiger partial charge in [-0.3, -0.25) is 9.59 Å². The van der Waals surface area contributed by atoms with Crippen LogP contribution in [0.1, 0.15) is 36.0 Å². The van der Waals surface area contributed by atoms with Crippen molar-refractivity contribution in [1.29, 1.82) is 0 Å². The highest BCUT2D eigenvalue weighted by atomic mass is 16.2. The van der Waals surface area contributed by atoms with E-state index in [1.54, 1.807) is 24.3 Å². The second-order valence-electron chi connectivity index (χ2n) is 5.36. The molecule has 1 aliphatic heterocycles. The monoisotopic (exact) mass is 289 g/mol. The smallest absolute Gasteiger partial charge is 0.251 e. The maximum absolute atomic E-state index is 12.3. The Morgan fingerprint density at radius 2 is 2.00 bits per heavy atom. The van der Waals surface area contributed by atoms with Crippen LogP contribution in [0.3, 0.4) is 0 Å². The van der Waals surface area contributed by atoms with Gasteiger partial charge in [-0.15, -0.1) is 0 Å². The first kappa shape index (κ1) is 15.5. The Kier molecular flexibility index (Phi) is 5.75. The van der Waals surface area contributed by atoms with Crippen LogP contribution in [0.2, 0.25) is 0 Å². The zero-order valence-corrected chi connectivity index (χ0v) is 12.3. The zero-order chi connectivity index (χ0) is 15.1. The fourth-order valence-corrected chi connectivity index (χ4v) is 2.77. The summed E-state index contributed by atoms with van der Waals surface area (Å²) in [5, 5.41) is 2.70. The fraction of sp³-hybridized carbons (Fsp3) is 0.500. The van der Waals surface area contributed by atoms with Crippen LogP contribution in [0.25, 0.3) is 0 Å². The Balaban J connectivity index is 1.87. The summed E-state index contributed by atoms with van der Waals surface area (Å²) in [6, 6.07) is 9.16. The highest BCUT2D eigenvalue weighted by molar-refractivity contribution is 5.96. The highest BCUT2D eigenvalue weighted by Gasteiger charge is 2.25. The van der Waals surface area contributed by atoms with E-state index < -0.39 is 0 Å². The number of carbonyl (C=O) groups excluding carboxylic acids is 2. The average Bonchev–Trinajstić information content (AvgIpc) is 2.54. The molecule has 1 unspecified atom stereocenters. The molecule has 21 heavy (non-hydrogen) atoms. The number of benzene rings is 1. The van der Waals surface area contributed by atoms with Crippen LogP contribution in [0.15, 0.2) is 30.3 Å². The largest absolute Gasteiger partial charge is 0.343 e. The van der Waals surface area contributed by atoms with Crippen LogP contribution in [0.4, 0.5) is 0 Å². The van der Waals surface area contributed by atoms with Crippen LogP contribution in [0, 0.1) is 0 Å². The molecule has 1 atom stereocenters. The number of rotatable bonds is 5. The molecule has 5 heteroatoms. The van der Waals surface area contributed by atoms with Crippen LogP contribution in [-0.2, 0) is 4.79 Å². The summed E-state index contributed by atoms with van der Waals surface area (Å²) in [5.74, 6) is -0.228. The molecule has 1 aromatic rings. The van der Waals surface area contributed by atoms with Gasteiger partial charge >= 0.3 is 0 Å². The lowest BCUT2D eigenvalue weighted by Crippen LogP contribution is -2.48. The number of piperidine rings is 1. The molecule has 2 amide bonds. The van der Waals surface area contributed by atoms with Crippen molar-refractivity contribution in [2.45, 2.75) is 31.7 Å². The second-order valence-corrected chi connectivity index (χ2v) is 5.36. The van der Waals surface area contributed by atoms with Gasteiger partial charge < -0.3 is 16.0 Å². The number of hydrogen-bond acceptors (Lipinski definition) is 3. The van der Waals surface area contributed by atoms with Crippen molar-refractivity contribution in [2.75, 3.05) is 19.6 Å². The molecule has 0 aliphatic carbocycles. The molecule has 0 spiro atoms. The van der Waals surface area contributed by atoms with Crippen molar-refractivity contribution in [2.24, 2.45) is 5.73 Å². The molecule has 0 radical (unpaired) electrons. The number of amides is 2. The molecule has 1 saturated heterocycles. The van der Waals surface area contributed by atoms with Gasteiger partial charge in [-0.05, 0) is 44.4 Å². The Morgan fingerprint density at radius 3 is 2.71 bits per heavy atom. The van der Waals surface area contributed by atoms with Crippen molar-refractivity contribution in [3.05, 3.63) is 35.9 Å². The predicted octanol–water partition coefficient (Wildman–Crippen LogP) is 1.15. The maximum Gasteiger partial charge on any atom is 0.251 e. The first-order valence-electron chi connectivity index (χ1n) is 7.55. The quantitative estimate of drug-likeness (QED) is 0.853. The lowest BCUT2D eigenvalue weighted by atomic mass is 9.99. The summed E-state index contributed by atoms with van der Waals surface area (Å²) in [4.78, 5) is 26.1. The van der Waals surface area contributed by atoms with Gasteiger partial charge in [0.15, 0.2) is 0 Å². The molecule has 0 aromatic heterocycles. The van der Waals surface area contributed by atoms with E-state index in [-0.39, 0.29) is 24.4 Å². The SMILES string of the molecule is NCCC1CCCCN1C(=O)CNC(=O)c1ccccc1. The Labute approximate surface area is 125 Å². The molecule has 1 aromatic carbocycles. The number of nitrogens with one attached hydrogen (secondary N) is 1. The minimum absolute atomic E-state index is 0.0163. The molecule has 0 bridgehead atoms. The molecule has 2 rings (SSSR count). The molecule has 1 heterocycles. The highest BCUT2D eigenvalue weighted by Crippen LogP contribution is 2.19. The molecule has 114 valence electrons. The second kappa shape index (κ2) is 7.78. The number of nitrogens with two attached hydrogens (primary N) is 1. The molecule has 1 fully saturated rings. The van der Waals surface area contributed by atoms with Gasteiger partial charge in [0.05, 0.1) is 6.54 Å². The summed E-state index contributed by atoms with van der Waals surface area (Å²) in [7, 11) is 0. The van der Waals surface area contributed by atoms with Crippen molar-refractivity contribution >= 4 is 11.8 Å². The van der Waals surface area contributed by atoms with E-state index in [1.807, 2.05) is 11.0 Å². The topological polar surface area (TPSA) is 75.4 Å². The normalized spacial score (nSPS) is 18.3. The van der Waals surface area contributed by atoms with Crippen LogP contribution in [0.5, 0.6) is 0 Å². The Hall–Kier alpha value is -1.88. The van der Waals surface area contributed by atoms with E-state index >= 15 is 0 Å². The standard InChI is InChI=1S/C16H23N3O2/c17-10-9-14-8-4-5-11-19(14)15(20)12-18-16(21)13-6-2-1-3-7-13/h1-3,6-7,14H,4-5,8-12,17H2,(H,18,21). The summed E-state index contributed by atoms with van der Waals surface area (Å²) < 4.78 is 0. The molecular weight excluding hydrogens is 266 g/mol. The molecule has 5 nitrogen and oxygen atoms in total. The van der Waals surface area contributed by atoms with E-state index in [2.05, 4.69) is 5.32 Å². The van der Waals surface area contributed by atoms with Gasteiger partial charge in [0.1, 0.15) is 0 Å².